The van der Waals surface area contributed by atoms with E-state index in [-0.39, 0.29) is 0 Å². The van der Waals surface area contributed by atoms with E-state index in [2.05, 4.69) is 21.8 Å². The number of nitrogens with one attached hydrogen (secondary N) is 1. The van der Waals surface area contributed by atoms with Crippen LogP contribution in [0, 0.1) is 5.92 Å². The van der Waals surface area contributed by atoms with Gasteiger partial charge in [-0.3, -0.25) is 0 Å². The summed E-state index contributed by atoms with van der Waals surface area (Å²) in [5.74, 6) is 0.866. The Hall–Kier alpha value is -0.480. The number of aromatic nitrogens is 2. The van der Waals surface area contributed by atoms with Gasteiger partial charge in [0.15, 0.2) is 0 Å². The standard InChI is InChI=1S/C11H19N3S/c1-9(10-5-3-2-4-6-10)12-7-11-8-15-14-13-11/h8-10,12H,2-7H2,1H3/t9-/m1/s1. The first-order chi connectivity index (χ1) is 7.36. The van der Waals surface area contributed by atoms with Crippen LogP contribution < -0.4 is 5.32 Å². The maximum Gasteiger partial charge on any atom is 0.0893 e. The number of hydrogen-bond acceptors (Lipinski definition) is 4. The molecular formula is C11H19N3S. The molecule has 0 radical (unpaired) electrons. The SMILES string of the molecule is C[C@@H](NCc1csnn1)C1CCCCC1. The Morgan fingerprint density at radius 3 is 2.93 bits per heavy atom. The van der Waals surface area contributed by atoms with Gasteiger partial charge in [0.2, 0.25) is 0 Å². The monoisotopic (exact) mass is 225 g/mol. The molecule has 84 valence electrons. The Labute approximate surface area is 95.4 Å². The second-order valence-corrected chi connectivity index (χ2v) is 5.07. The average Bonchev–Trinajstić information content (AvgIpc) is 2.80. The topological polar surface area (TPSA) is 37.8 Å². The zero-order valence-electron chi connectivity index (χ0n) is 9.28. The third-order valence-electron chi connectivity index (χ3n) is 3.37. The first-order valence-electron chi connectivity index (χ1n) is 5.85. The van der Waals surface area contributed by atoms with E-state index in [0.29, 0.717) is 6.04 Å². The summed E-state index contributed by atoms with van der Waals surface area (Å²) < 4.78 is 3.86. The predicted molar refractivity (Wildman–Crippen MR) is 62.8 cm³/mol. The van der Waals surface area contributed by atoms with E-state index in [1.165, 1.54) is 43.6 Å². The number of rotatable bonds is 4. The van der Waals surface area contributed by atoms with E-state index >= 15 is 0 Å². The van der Waals surface area contributed by atoms with Crippen molar-refractivity contribution in [3.63, 3.8) is 0 Å². The van der Waals surface area contributed by atoms with Gasteiger partial charge < -0.3 is 5.32 Å². The summed E-state index contributed by atoms with van der Waals surface area (Å²) in [6.07, 6.45) is 7.04. The van der Waals surface area contributed by atoms with Gasteiger partial charge in [0.05, 0.1) is 5.69 Å². The molecule has 0 saturated heterocycles. The van der Waals surface area contributed by atoms with E-state index in [4.69, 9.17) is 0 Å². The molecular weight excluding hydrogens is 206 g/mol. The summed E-state index contributed by atoms with van der Waals surface area (Å²) in [6.45, 7) is 3.17. The van der Waals surface area contributed by atoms with Gasteiger partial charge >= 0.3 is 0 Å². The lowest BCUT2D eigenvalue weighted by molar-refractivity contribution is 0.280. The second-order valence-electron chi connectivity index (χ2n) is 4.46. The van der Waals surface area contributed by atoms with Gasteiger partial charge in [0.1, 0.15) is 0 Å². The van der Waals surface area contributed by atoms with Crippen LogP contribution in [0.25, 0.3) is 0 Å². The molecule has 0 aliphatic heterocycles. The third-order valence-corrected chi connectivity index (χ3v) is 3.92. The van der Waals surface area contributed by atoms with Crippen molar-refractivity contribution < 1.29 is 0 Å². The van der Waals surface area contributed by atoms with Crippen LogP contribution in [0.1, 0.15) is 44.7 Å². The summed E-state index contributed by atoms with van der Waals surface area (Å²) >= 11 is 1.43. The molecule has 0 aromatic carbocycles. The Bertz CT molecular complexity index is 267. The first kappa shape index (κ1) is 11.0. The molecule has 4 heteroatoms. The van der Waals surface area contributed by atoms with Crippen LogP contribution in [-0.2, 0) is 6.54 Å². The summed E-state index contributed by atoms with van der Waals surface area (Å²) in [4.78, 5) is 0. The van der Waals surface area contributed by atoms with Gasteiger partial charge in [-0.05, 0) is 37.2 Å². The first-order valence-corrected chi connectivity index (χ1v) is 6.69. The zero-order chi connectivity index (χ0) is 10.5. The van der Waals surface area contributed by atoms with Crippen molar-refractivity contribution in [2.75, 3.05) is 0 Å². The Morgan fingerprint density at radius 2 is 2.27 bits per heavy atom. The third kappa shape index (κ3) is 3.24. The van der Waals surface area contributed by atoms with E-state index in [0.717, 1.165) is 18.2 Å². The van der Waals surface area contributed by atoms with Crippen molar-refractivity contribution in [1.82, 2.24) is 14.9 Å². The fourth-order valence-electron chi connectivity index (χ4n) is 2.33. The minimum atomic E-state index is 0.618. The lowest BCUT2D eigenvalue weighted by Crippen LogP contribution is -2.34. The molecule has 0 spiro atoms. The highest BCUT2D eigenvalue weighted by molar-refractivity contribution is 7.03. The molecule has 1 fully saturated rings. The molecule has 1 heterocycles. The van der Waals surface area contributed by atoms with E-state index in [1.54, 1.807) is 0 Å². The predicted octanol–water partition coefficient (Wildman–Crippen LogP) is 2.60. The molecule has 1 aromatic rings. The lowest BCUT2D eigenvalue weighted by atomic mass is 9.84. The molecule has 1 saturated carbocycles. The van der Waals surface area contributed by atoms with Gasteiger partial charge in [-0.1, -0.05) is 23.8 Å². The van der Waals surface area contributed by atoms with Crippen LogP contribution in [0.15, 0.2) is 5.38 Å². The fraction of sp³-hybridized carbons (Fsp3) is 0.818. The highest BCUT2D eigenvalue weighted by atomic mass is 32.1. The van der Waals surface area contributed by atoms with Crippen LogP contribution in [0.5, 0.6) is 0 Å². The molecule has 0 bridgehead atoms. The maximum atomic E-state index is 4.04. The quantitative estimate of drug-likeness (QED) is 0.856. The number of nitrogens with zero attached hydrogens (tertiary/aromatic N) is 2. The second kappa shape index (κ2) is 5.56. The molecule has 1 aliphatic rings. The number of hydrogen-bond donors (Lipinski definition) is 1. The van der Waals surface area contributed by atoms with E-state index in [1.807, 2.05) is 5.38 Å². The van der Waals surface area contributed by atoms with Crippen LogP contribution in [-0.4, -0.2) is 15.6 Å². The van der Waals surface area contributed by atoms with Crippen molar-refractivity contribution in [3.05, 3.63) is 11.1 Å². The molecule has 1 aromatic heterocycles. The Balaban J connectivity index is 1.74. The molecule has 2 rings (SSSR count). The van der Waals surface area contributed by atoms with Gasteiger partial charge in [-0.2, -0.15) is 0 Å². The van der Waals surface area contributed by atoms with Gasteiger partial charge in [-0.25, -0.2) is 0 Å². The van der Waals surface area contributed by atoms with Crippen LogP contribution >= 0.6 is 11.5 Å². The molecule has 1 N–H and O–H groups in total. The van der Waals surface area contributed by atoms with E-state index < -0.39 is 0 Å². The lowest BCUT2D eigenvalue weighted by Gasteiger charge is -2.28. The fourth-order valence-corrected chi connectivity index (χ4v) is 2.78. The largest absolute Gasteiger partial charge is 0.308 e. The van der Waals surface area contributed by atoms with E-state index in [9.17, 15) is 0 Å². The van der Waals surface area contributed by atoms with Gasteiger partial charge in [-0.15, -0.1) is 5.10 Å². The molecule has 3 nitrogen and oxygen atoms in total. The van der Waals surface area contributed by atoms with Crippen molar-refractivity contribution >= 4 is 11.5 Å². The van der Waals surface area contributed by atoms with Crippen LogP contribution in [0.3, 0.4) is 0 Å². The molecule has 0 unspecified atom stereocenters. The minimum absolute atomic E-state index is 0.618. The zero-order valence-corrected chi connectivity index (χ0v) is 10.1. The van der Waals surface area contributed by atoms with Crippen molar-refractivity contribution in [2.24, 2.45) is 5.92 Å². The smallest absolute Gasteiger partial charge is 0.0893 e. The Morgan fingerprint density at radius 1 is 1.47 bits per heavy atom. The normalized spacial score (nSPS) is 20.3. The summed E-state index contributed by atoms with van der Waals surface area (Å²) in [5.41, 5.74) is 1.07. The van der Waals surface area contributed by atoms with Crippen LogP contribution in [0.4, 0.5) is 0 Å². The summed E-state index contributed by atoms with van der Waals surface area (Å²) in [5, 5.41) is 9.61. The average molecular weight is 225 g/mol. The summed E-state index contributed by atoms with van der Waals surface area (Å²) in [7, 11) is 0. The van der Waals surface area contributed by atoms with Crippen LogP contribution in [0.2, 0.25) is 0 Å². The minimum Gasteiger partial charge on any atom is -0.308 e. The maximum absolute atomic E-state index is 4.04. The van der Waals surface area contributed by atoms with Gasteiger partial charge in [0, 0.05) is 18.0 Å². The van der Waals surface area contributed by atoms with Crippen molar-refractivity contribution in [2.45, 2.75) is 51.6 Å². The van der Waals surface area contributed by atoms with Gasteiger partial charge in [0.25, 0.3) is 0 Å². The highest BCUT2D eigenvalue weighted by Gasteiger charge is 2.19. The Kier molecular flexibility index (Phi) is 4.09. The molecule has 1 atom stereocenters. The molecule has 15 heavy (non-hydrogen) atoms. The van der Waals surface area contributed by atoms with Crippen molar-refractivity contribution in [3.8, 4) is 0 Å². The molecule has 1 aliphatic carbocycles. The summed E-state index contributed by atoms with van der Waals surface area (Å²) in [6, 6.07) is 0.618. The molecule has 0 amide bonds. The van der Waals surface area contributed by atoms with Crippen molar-refractivity contribution in [1.29, 1.82) is 0 Å². The highest BCUT2D eigenvalue weighted by Crippen LogP contribution is 2.26.